The van der Waals surface area contributed by atoms with Crippen LogP contribution in [0, 0.1) is 0 Å². The average molecular weight is 274 g/mol. The lowest BCUT2D eigenvalue weighted by molar-refractivity contribution is -0.114. The van der Waals surface area contributed by atoms with E-state index in [2.05, 4.69) is 10.6 Å². The Bertz CT molecular complexity index is 591. The van der Waals surface area contributed by atoms with E-state index in [1.165, 1.54) is 7.11 Å². The van der Waals surface area contributed by atoms with E-state index < -0.39 is 0 Å². The van der Waals surface area contributed by atoms with Gasteiger partial charge in [0.2, 0.25) is 0 Å². The summed E-state index contributed by atoms with van der Waals surface area (Å²) in [5.41, 5.74) is 3.00. The third-order valence-corrected chi connectivity index (χ3v) is 3.44. The van der Waals surface area contributed by atoms with Crippen LogP contribution in [0.25, 0.3) is 0 Å². The van der Waals surface area contributed by atoms with E-state index in [0.29, 0.717) is 17.7 Å². The summed E-state index contributed by atoms with van der Waals surface area (Å²) in [6.45, 7) is 1.83. The summed E-state index contributed by atoms with van der Waals surface area (Å²) in [5, 5.41) is 5.80. The summed E-state index contributed by atoms with van der Waals surface area (Å²) in [5.74, 6) is 0.484. The van der Waals surface area contributed by atoms with Crippen LogP contribution in [0.15, 0.2) is 29.5 Å². The maximum absolute atomic E-state index is 11.7. The number of rotatable bonds is 4. The highest BCUT2D eigenvalue weighted by atomic mass is 16.5. The molecule has 2 N–H and O–H groups in total. The van der Waals surface area contributed by atoms with E-state index in [9.17, 15) is 9.59 Å². The summed E-state index contributed by atoms with van der Waals surface area (Å²) in [7, 11) is 3.10. The molecule has 0 unspecified atom stereocenters. The Kier molecular flexibility index (Phi) is 4.08. The standard InChI is InChI=1S/C15H18N2O3/c1-9-12(6-7-13(9)18)17-10-4-5-11(15(19)16-2)14(8-10)20-3/h4-5,8,17H,6-7H2,1-3H3,(H,16,19). The molecule has 1 aliphatic rings. The van der Waals surface area contributed by atoms with Crippen molar-refractivity contribution in [3.63, 3.8) is 0 Å². The zero-order valence-corrected chi connectivity index (χ0v) is 11.9. The molecule has 5 nitrogen and oxygen atoms in total. The first kappa shape index (κ1) is 14.1. The van der Waals surface area contributed by atoms with Crippen LogP contribution in [0.5, 0.6) is 5.75 Å². The number of carbonyl (C=O) groups excluding carboxylic acids is 2. The number of carbonyl (C=O) groups is 2. The van der Waals surface area contributed by atoms with Gasteiger partial charge in [-0.1, -0.05) is 0 Å². The van der Waals surface area contributed by atoms with Crippen LogP contribution < -0.4 is 15.4 Å². The van der Waals surface area contributed by atoms with Gasteiger partial charge in [-0.3, -0.25) is 9.59 Å². The van der Waals surface area contributed by atoms with Gasteiger partial charge in [-0.05, 0) is 25.5 Å². The molecule has 1 aromatic rings. The summed E-state index contributed by atoms with van der Waals surface area (Å²) in [6.07, 6.45) is 1.28. The molecule has 20 heavy (non-hydrogen) atoms. The molecular weight excluding hydrogens is 256 g/mol. The molecule has 0 heterocycles. The predicted molar refractivity (Wildman–Crippen MR) is 76.9 cm³/mol. The minimum absolute atomic E-state index is 0.182. The lowest BCUT2D eigenvalue weighted by atomic mass is 10.1. The fourth-order valence-corrected chi connectivity index (χ4v) is 2.20. The maximum Gasteiger partial charge on any atom is 0.254 e. The second-order valence-corrected chi connectivity index (χ2v) is 4.65. The van der Waals surface area contributed by atoms with Crippen LogP contribution in [0.1, 0.15) is 30.1 Å². The highest BCUT2D eigenvalue weighted by Crippen LogP contribution is 2.28. The van der Waals surface area contributed by atoms with E-state index in [1.807, 2.05) is 6.92 Å². The predicted octanol–water partition coefficient (Wildman–Crippen LogP) is 2.10. The van der Waals surface area contributed by atoms with Crippen molar-refractivity contribution in [3.05, 3.63) is 35.0 Å². The van der Waals surface area contributed by atoms with Gasteiger partial charge in [-0.25, -0.2) is 0 Å². The number of hydrogen-bond acceptors (Lipinski definition) is 4. The number of benzene rings is 1. The van der Waals surface area contributed by atoms with Gasteiger partial charge in [0.15, 0.2) is 5.78 Å². The number of Topliss-reactive ketones (excluding diaryl/α,β-unsaturated/α-hetero) is 1. The van der Waals surface area contributed by atoms with Gasteiger partial charge in [0, 0.05) is 36.5 Å². The number of ether oxygens (including phenoxy) is 1. The Morgan fingerprint density at radius 3 is 2.60 bits per heavy atom. The molecule has 0 saturated heterocycles. The summed E-state index contributed by atoms with van der Waals surface area (Å²) >= 11 is 0. The number of hydrogen-bond donors (Lipinski definition) is 2. The first-order valence-electron chi connectivity index (χ1n) is 6.47. The van der Waals surface area contributed by atoms with E-state index in [1.54, 1.807) is 25.2 Å². The molecule has 1 aliphatic carbocycles. The number of anilines is 1. The minimum atomic E-state index is -0.195. The summed E-state index contributed by atoms with van der Waals surface area (Å²) in [4.78, 5) is 23.2. The number of amides is 1. The molecule has 0 aromatic heterocycles. The van der Waals surface area contributed by atoms with Gasteiger partial charge in [-0.15, -0.1) is 0 Å². The van der Waals surface area contributed by atoms with Crippen LogP contribution in [-0.2, 0) is 4.79 Å². The molecule has 0 radical (unpaired) electrons. The Labute approximate surface area is 118 Å². The topological polar surface area (TPSA) is 67.4 Å². The van der Waals surface area contributed by atoms with Crippen molar-refractivity contribution in [1.29, 1.82) is 0 Å². The fourth-order valence-electron chi connectivity index (χ4n) is 2.20. The molecule has 106 valence electrons. The van der Waals surface area contributed by atoms with Crippen LogP contribution >= 0.6 is 0 Å². The lowest BCUT2D eigenvalue weighted by Crippen LogP contribution is -2.18. The fraction of sp³-hybridized carbons (Fsp3) is 0.333. The molecular formula is C15H18N2O3. The molecule has 1 aromatic carbocycles. The zero-order chi connectivity index (χ0) is 14.7. The van der Waals surface area contributed by atoms with Gasteiger partial charge < -0.3 is 15.4 Å². The monoisotopic (exact) mass is 274 g/mol. The second kappa shape index (κ2) is 5.77. The lowest BCUT2D eigenvalue weighted by Gasteiger charge is -2.12. The minimum Gasteiger partial charge on any atom is -0.496 e. The zero-order valence-electron chi connectivity index (χ0n) is 11.9. The number of methoxy groups -OCH3 is 1. The number of allylic oxidation sites excluding steroid dienone is 2. The van der Waals surface area contributed by atoms with Crippen LogP contribution in [0.4, 0.5) is 5.69 Å². The van der Waals surface area contributed by atoms with Crippen LogP contribution in [0.3, 0.4) is 0 Å². The van der Waals surface area contributed by atoms with Crippen molar-refractivity contribution in [2.75, 3.05) is 19.5 Å². The van der Waals surface area contributed by atoms with E-state index >= 15 is 0 Å². The highest BCUT2D eigenvalue weighted by Gasteiger charge is 2.19. The van der Waals surface area contributed by atoms with Crippen molar-refractivity contribution >= 4 is 17.4 Å². The smallest absolute Gasteiger partial charge is 0.254 e. The van der Waals surface area contributed by atoms with Crippen molar-refractivity contribution in [2.45, 2.75) is 19.8 Å². The first-order chi connectivity index (χ1) is 9.56. The normalized spacial score (nSPS) is 14.4. The molecule has 5 heteroatoms. The molecule has 0 spiro atoms. The SMILES string of the molecule is CNC(=O)c1ccc(NC2=C(C)C(=O)CC2)cc1OC. The highest BCUT2D eigenvalue weighted by molar-refractivity contribution is 5.99. The summed E-state index contributed by atoms with van der Waals surface area (Å²) < 4.78 is 5.24. The van der Waals surface area contributed by atoms with Gasteiger partial charge in [0.1, 0.15) is 5.75 Å². The second-order valence-electron chi connectivity index (χ2n) is 4.65. The van der Waals surface area contributed by atoms with Gasteiger partial charge in [0.25, 0.3) is 5.91 Å². The summed E-state index contributed by atoms with van der Waals surface area (Å²) in [6, 6.07) is 5.26. The van der Waals surface area contributed by atoms with Crippen LogP contribution in [-0.4, -0.2) is 25.8 Å². The van der Waals surface area contributed by atoms with Crippen LogP contribution in [0.2, 0.25) is 0 Å². The Balaban J connectivity index is 2.27. The third kappa shape index (κ3) is 2.66. The molecule has 0 saturated carbocycles. The van der Waals surface area contributed by atoms with Crippen molar-refractivity contribution in [1.82, 2.24) is 5.32 Å². The number of ketones is 1. The Morgan fingerprint density at radius 2 is 2.05 bits per heavy atom. The van der Waals surface area contributed by atoms with Gasteiger partial charge in [-0.2, -0.15) is 0 Å². The number of nitrogens with one attached hydrogen (secondary N) is 2. The Hall–Kier alpha value is -2.30. The van der Waals surface area contributed by atoms with Crippen molar-refractivity contribution in [3.8, 4) is 5.75 Å². The van der Waals surface area contributed by atoms with E-state index in [-0.39, 0.29) is 11.7 Å². The Morgan fingerprint density at radius 1 is 1.30 bits per heavy atom. The largest absolute Gasteiger partial charge is 0.496 e. The third-order valence-electron chi connectivity index (χ3n) is 3.44. The quantitative estimate of drug-likeness (QED) is 0.882. The molecule has 0 atom stereocenters. The molecule has 0 aliphatic heterocycles. The average Bonchev–Trinajstić information content (AvgIpc) is 2.78. The van der Waals surface area contributed by atoms with Crippen molar-refractivity contribution < 1.29 is 14.3 Å². The molecule has 2 rings (SSSR count). The first-order valence-corrected chi connectivity index (χ1v) is 6.47. The molecule has 0 fully saturated rings. The van der Waals surface area contributed by atoms with E-state index in [4.69, 9.17) is 4.74 Å². The maximum atomic E-state index is 11.7. The van der Waals surface area contributed by atoms with E-state index in [0.717, 1.165) is 23.4 Å². The molecule has 0 bridgehead atoms. The van der Waals surface area contributed by atoms with Crippen molar-refractivity contribution in [2.24, 2.45) is 0 Å². The van der Waals surface area contributed by atoms with Gasteiger partial charge in [0.05, 0.1) is 12.7 Å². The van der Waals surface area contributed by atoms with Gasteiger partial charge >= 0.3 is 0 Å². The molecule has 1 amide bonds.